The number of amides is 3. The number of carbonyl (C=O) groups is 2. The minimum atomic E-state index is -0.878. The van der Waals surface area contributed by atoms with Gasteiger partial charge in [0.2, 0.25) is 5.88 Å². The Kier molecular flexibility index (Phi) is 8.62. The average Bonchev–Trinajstić information content (AvgIpc) is 3.16. The number of carbonyl (C=O) groups excluding carboxylic acids is 2. The number of urea groups is 1. The van der Waals surface area contributed by atoms with Gasteiger partial charge in [0, 0.05) is 25.2 Å². The van der Waals surface area contributed by atoms with Crippen molar-refractivity contribution in [1.82, 2.24) is 15.0 Å². The zero-order valence-corrected chi connectivity index (χ0v) is 21.0. The van der Waals surface area contributed by atoms with Crippen LogP contribution in [0, 0.1) is 24.5 Å². The third-order valence-electron chi connectivity index (χ3n) is 5.63. The van der Waals surface area contributed by atoms with Crippen LogP contribution in [0.5, 0.6) is 5.88 Å². The van der Waals surface area contributed by atoms with Gasteiger partial charge in [-0.1, -0.05) is 6.92 Å². The van der Waals surface area contributed by atoms with Crippen molar-refractivity contribution in [3.63, 3.8) is 0 Å². The molecule has 2 heterocycles. The van der Waals surface area contributed by atoms with Gasteiger partial charge in [-0.2, -0.15) is 4.37 Å². The summed E-state index contributed by atoms with van der Waals surface area (Å²) in [7, 11) is 0. The number of benzene rings is 1. The van der Waals surface area contributed by atoms with E-state index >= 15 is 0 Å². The molecule has 3 rings (SSSR count). The van der Waals surface area contributed by atoms with Crippen molar-refractivity contribution >= 4 is 28.5 Å². The van der Waals surface area contributed by atoms with Gasteiger partial charge >= 0.3 is 6.03 Å². The van der Waals surface area contributed by atoms with E-state index in [-0.39, 0.29) is 51.8 Å². The van der Waals surface area contributed by atoms with Gasteiger partial charge < -0.3 is 25.8 Å². The number of hydrogen-bond donors (Lipinski definition) is 4. The first-order chi connectivity index (χ1) is 16.5. The van der Waals surface area contributed by atoms with Crippen LogP contribution in [-0.4, -0.2) is 47.7 Å². The maximum Gasteiger partial charge on any atom is 0.319 e. The highest BCUT2D eigenvalue weighted by Crippen LogP contribution is 2.31. The van der Waals surface area contributed by atoms with Crippen molar-refractivity contribution < 1.29 is 27.8 Å². The molecule has 1 aromatic heterocycles. The molecule has 0 radical (unpaired) electrons. The second-order valence-electron chi connectivity index (χ2n) is 9.19. The molecule has 35 heavy (non-hydrogen) atoms. The number of primary amides is 1. The van der Waals surface area contributed by atoms with E-state index in [0.29, 0.717) is 6.54 Å². The molecule has 0 spiro atoms. The maximum absolute atomic E-state index is 14.1. The highest BCUT2D eigenvalue weighted by molar-refractivity contribution is 7.11. The van der Waals surface area contributed by atoms with Gasteiger partial charge in [0.25, 0.3) is 5.91 Å². The molecule has 1 aromatic carbocycles. The summed E-state index contributed by atoms with van der Waals surface area (Å²) < 4.78 is 43.3. The lowest BCUT2D eigenvalue weighted by molar-refractivity contribution is -0.107. The summed E-state index contributed by atoms with van der Waals surface area (Å²) in [6.45, 7) is 9.06. The van der Waals surface area contributed by atoms with Crippen LogP contribution in [0.3, 0.4) is 0 Å². The zero-order valence-electron chi connectivity index (χ0n) is 20.2. The Morgan fingerprint density at radius 1 is 1.40 bits per heavy atom. The minimum absolute atomic E-state index is 0.0435. The number of nitrogens with two attached hydrogens (primary N) is 1. The predicted octanol–water partition coefficient (Wildman–Crippen LogP) is 3.32. The fourth-order valence-corrected chi connectivity index (χ4v) is 4.81. The summed E-state index contributed by atoms with van der Waals surface area (Å²) in [6, 6.07) is 1.53. The van der Waals surface area contributed by atoms with Crippen LogP contribution in [0.1, 0.15) is 48.7 Å². The number of morpholine rings is 1. The lowest BCUT2D eigenvalue weighted by Crippen LogP contribution is -2.52. The summed E-state index contributed by atoms with van der Waals surface area (Å²) in [5, 5.41) is 8.77. The van der Waals surface area contributed by atoms with E-state index < -0.39 is 23.6 Å². The van der Waals surface area contributed by atoms with Gasteiger partial charge in [0.05, 0.1) is 11.7 Å². The Morgan fingerprint density at radius 3 is 2.83 bits per heavy atom. The van der Waals surface area contributed by atoms with Crippen LogP contribution in [0.25, 0.3) is 0 Å². The molecule has 1 aliphatic heterocycles. The predicted molar refractivity (Wildman–Crippen MR) is 129 cm³/mol. The molecule has 3 atom stereocenters. The molecular formula is C23H31F2N5O4S. The van der Waals surface area contributed by atoms with E-state index in [1.165, 1.54) is 6.92 Å². The molecule has 2 aromatic rings. The van der Waals surface area contributed by atoms with E-state index in [9.17, 15) is 18.4 Å². The number of halogens is 2. The minimum Gasteiger partial charge on any atom is -0.471 e. The van der Waals surface area contributed by atoms with Gasteiger partial charge in [-0.3, -0.25) is 10.1 Å². The Balaban J connectivity index is 1.57. The molecule has 0 saturated carbocycles. The van der Waals surface area contributed by atoms with Crippen molar-refractivity contribution in [3.05, 3.63) is 40.5 Å². The number of aryl methyl sites for hydroxylation is 1. The largest absolute Gasteiger partial charge is 0.471 e. The van der Waals surface area contributed by atoms with Crippen molar-refractivity contribution in [3.8, 4) is 5.88 Å². The fourth-order valence-electron chi connectivity index (χ4n) is 4.07. The van der Waals surface area contributed by atoms with Gasteiger partial charge in [0.15, 0.2) is 0 Å². The van der Waals surface area contributed by atoms with Crippen LogP contribution < -0.4 is 26.4 Å². The third-order valence-corrected chi connectivity index (χ3v) is 6.38. The monoisotopic (exact) mass is 511 g/mol. The molecule has 12 heteroatoms. The van der Waals surface area contributed by atoms with Crippen LogP contribution in [0.15, 0.2) is 12.1 Å². The highest BCUT2D eigenvalue weighted by atomic mass is 32.1. The number of rotatable bonds is 9. The zero-order chi connectivity index (χ0) is 25.8. The molecule has 1 fully saturated rings. The molecule has 0 bridgehead atoms. The smallest absolute Gasteiger partial charge is 0.319 e. The first-order valence-electron chi connectivity index (χ1n) is 11.3. The molecule has 192 valence electrons. The molecule has 0 aliphatic carbocycles. The van der Waals surface area contributed by atoms with E-state index in [1.54, 1.807) is 0 Å². The number of ether oxygens (including phenoxy) is 2. The Labute approximate surface area is 206 Å². The maximum atomic E-state index is 14.1. The number of aromatic nitrogens is 1. The number of nitrogens with one attached hydrogen (secondary N) is 3. The summed E-state index contributed by atoms with van der Waals surface area (Å²) in [5.41, 5.74) is 5.11. The number of hydrogen-bond acceptors (Lipinski definition) is 7. The number of nitrogens with zero attached hydrogens (tertiary/aromatic N) is 1. The Bertz CT molecular complexity index is 1080. The molecule has 3 amide bonds. The van der Waals surface area contributed by atoms with Gasteiger partial charge in [-0.25, -0.2) is 13.6 Å². The van der Waals surface area contributed by atoms with E-state index in [4.69, 9.17) is 15.2 Å². The summed E-state index contributed by atoms with van der Waals surface area (Å²) in [6.07, 6.45) is 0.861. The van der Waals surface area contributed by atoms with Crippen molar-refractivity contribution in [2.24, 2.45) is 11.7 Å². The lowest BCUT2D eigenvalue weighted by Gasteiger charge is -2.39. The van der Waals surface area contributed by atoms with E-state index in [0.717, 1.165) is 43.2 Å². The lowest BCUT2D eigenvalue weighted by atomic mass is 9.91. The van der Waals surface area contributed by atoms with E-state index in [2.05, 4.69) is 20.3 Å². The molecule has 1 aliphatic rings. The normalized spacial score (nSPS) is 20.8. The Morgan fingerprint density at radius 2 is 2.14 bits per heavy atom. The average molecular weight is 512 g/mol. The Hall–Kier alpha value is -2.83. The van der Waals surface area contributed by atoms with Crippen LogP contribution in [-0.2, 0) is 11.3 Å². The third kappa shape index (κ3) is 7.09. The first-order valence-corrected chi connectivity index (χ1v) is 12.0. The van der Waals surface area contributed by atoms with Crippen LogP contribution in [0.2, 0.25) is 0 Å². The van der Waals surface area contributed by atoms with Crippen LogP contribution >= 0.6 is 11.5 Å². The van der Waals surface area contributed by atoms with Crippen molar-refractivity contribution in [2.45, 2.75) is 52.4 Å². The van der Waals surface area contributed by atoms with Crippen molar-refractivity contribution in [2.75, 3.05) is 25.0 Å². The SMILES string of the molecule is Cc1cc(F)c(COc2nsc(NC(=O)NCC(C)CC3(C)CNCC(C)O3)c2C(N)=O)cc1F. The second-order valence-corrected chi connectivity index (χ2v) is 9.96. The molecule has 1 saturated heterocycles. The summed E-state index contributed by atoms with van der Waals surface area (Å²) >= 11 is 0.796. The quantitative estimate of drug-likeness (QED) is 0.409. The fraction of sp³-hybridized carbons (Fsp3) is 0.522. The highest BCUT2D eigenvalue weighted by Gasteiger charge is 2.32. The number of anilines is 1. The van der Waals surface area contributed by atoms with Gasteiger partial charge in [-0.15, -0.1) is 0 Å². The van der Waals surface area contributed by atoms with E-state index in [1.807, 2.05) is 20.8 Å². The van der Waals surface area contributed by atoms with Crippen LogP contribution in [0.4, 0.5) is 18.6 Å². The molecule has 5 N–H and O–H groups in total. The molecular weight excluding hydrogens is 480 g/mol. The van der Waals surface area contributed by atoms with Gasteiger partial charge in [-0.05, 0) is 62.3 Å². The molecule has 3 unspecified atom stereocenters. The first kappa shape index (κ1) is 26.8. The topological polar surface area (TPSA) is 128 Å². The van der Waals surface area contributed by atoms with Gasteiger partial charge in [0.1, 0.15) is 28.8 Å². The molecule has 9 nitrogen and oxygen atoms in total. The summed E-state index contributed by atoms with van der Waals surface area (Å²) in [4.78, 5) is 24.4. The summed E-state index contributed by atoms with van der Waals surface area (Å²) in [5.74, 6) is -2.16. The standard InChI is InChI=1S/C23H31F2N5O4S/c1-12(7-23(4)11-27-9-14(3)34-23)8-28-22(32)29-21-18(19(26)31)20(30-35-21)33-10-15-6-16(24)13(2)5-17(15)25/h5-6,12,14,27H,7-11H2,1-4H3,(H2,26,31)(H2,28,29,32). The van der Waals surface area contributed by atoms with Crippen molar-refractivity contribution in [1.29, 1.82) is 0 Å². The second kappa shape index (κ2) is 11.3.